The van der Waals surface area contributed by atoms with Gasteiger partial charge in [-0.05, 0) is 142 Å². The molecular weight excluding hydrogens is 580 g/mol. The molecule has 262 valence electrons. The molecule has 2 aliphatic heterocycles. The summed E-state index contributed by atoms with van der Waals surface area (Å²) in [6, 6.07) is 0. The molecule has 7 heteroatoms. The summed E-state index contributed by atoms with van der Waals surface area (Å²) < 4.78 is 21.0. The van der Waals surface area contributed by atoms with Crippen molar-refractivity contribution in [1.29, 1.82) is 0 Å². The predicted molar refractivity (Wildman–Crippen MR) is 175 cm³/mol. The summed E-state index contributed by atoms with van der Waals surface area (Å²) in [7, 11) is 0. The highest BCUT2D eigenvalue weighted by atomic mass is 16.8. The SMILES string of the molecule is CC1CCC2C3C(O1)OC(OC1CC4C[C@H](O)CCC4(C)C4C[C@H](O)C5(C)C(CCC5[C@H](C)CCC(=O)O)C14)C(C)C3CC[C@H]2C. The first-order valence-electron chi connectivity index (χ1n) is 19.4. The third kappa shape index (κ3) is 5.43. The molecule has 5 aliphatic carbocycles. The maximum absolute atomic E-state index is 12.1. The van der Waals surface area contributed by atoms with Crippen molar-refractivity contribution in [2.45, 2.75) is 162 Å². The van der Waals surface area contributed by atoms with Crippen molar-refractivity contribution in [3.8, 4) is 0 Å². The summed E-state index contributed by atoms with van der Waals surface area (Å²) in [4.78, 5) is 11.5. The largest absolute Gasteiger partial charge is 0.481 e. The average molecular weight is 645 g/mol. The number of carboxylic acids is 1. The second-order valence-corrected chi connectivity index (χ2v) is 18.3. The Morgan fingerprint density at radius 3 is 2.41 bits per heavy atom. The highest BCUT2D eigenvalue weighted by Gasteiger charge is 2.66. The van der Waals surface area contributed by atoms with Gasteiger partial charge in [-0.25, -0.2) is 0 Å². The Labute approximate surface area is 277 Å². The lowest BCUT2D eigenvalue weighted by molar-refractivity contribution is -0.355. The molecule has 7 fully saturated rings. The van der Waals surface area contributed by atoms with Crippen molar-refractivity contribution in [1.82, 2.24) is 0 Å². The van der Waals surface area contributed by atoms with Crippen LogP contribution in [-0.2, 0) is 19.0 Å². The molecule has 46 heavy (non-hydrogen) atoms. The van der Waals surface area contributed by atoms with Crippen LogP contribution in [-0.4, -0.2) is 58.3 Å². The van der Waals surface area contributed by atoms with Crippen molar-refractivity contribution in [3.63, 3.8) is 0 Å². The van der Waals surface area contributed by atoms with E-state index in [-0.39, 0.29) is 54.1 Å². The number of aliphatic hydroxyl groups excluding tert-OH is 2. The van der Waals surface area contributed by atoms with Gasteiger partial charge < -0.3 is 29.5 Å². The average Bonchev–Trinajstić information content (AvgIpc) is 3.27. The van der Waals surface area contributed by atoms with Gasteiger partial charge in [-0.1, -0.05) is 41.0 Å². The van der Waals surface area contributed by atoms with Gasteiger partial charge in [-0.2, -0.15) is 0 Å². The Balaban J connectivity index is 1.20. The molecule has 19 atom stereocenters. The predicted octanol–water partition coefficient (Wildman–Crippen LogP) is 7.27. The fourth-order valence-electron chi connectivity index (χ4n) is 13.6. The second kappa shape index (κ2) is 12.5. The molecule has 0 amide bonds. The highest BCUT2D eigenvalue weighted by molar-refractivity contribution is 5.66. The molecule has 2 saturated heterocycles. The molecule has 7 rings (SSSR count). The molecule has 15 unspecified atom stereocenters. The Hall–Kier alpha value is -0.730. The van der Waals surface area contributed by atoms with Crippen LogP contribution in [0.15, 0.2) is 0 Å². The van der Waals surface area contributed by atoms with E-state index < -0.39 is 12.1 Å². The summed E-state index contributed by atoms with van der Waals surface area (Å²) in [5, 5.41) is 32.4. The molecular formula is C39H64O7. The zero-order valence-corrected chi connectivity index (χ0v) is 29.5. The number of carboxylic acid groups (broad SMARTS) is 1. The number of carbonyl (C=O) groups is 1. The number of aliphatic carboxylic acids is 1. The number of rotatable bonds is 6. The summed E-state index contributed by atoms with van der Waals surface area (Å²) >= 11 is 0. The van der Waals surface area contributed by atoms with Crippen LogP contribution in [0.2, 0.25) is 0 Å². The fourth-order valence-corrected chi connectivity index (χ4v) is 13.6. The van der Waals surface area contributed by atoms with Crippen LogP contribution in [0.3, 0.4) is 0 Å². The Morgan fingerprint density at radius 1 is 0.891 bits per heavy atom. The topological polar surface area (TPSA) is 105 Å². The van der Waals surface area contributed by atoms with Gasteiger partial charge in [0.25, 0.3) is 0 Å². The zero-order chi connectivity index (χ0) is 32.7. The fraction of sp³-hybridized carbons (Fsp3) is 0.974. The minimum atomic E-state index is -0.732. The van der Waals surface area contributed by atoms with Gasteiger partial charge in [-0.3, -0.25) is 4.79 Å². The monoisotopic (exact) mass is 644 g/mol. The molecule has 7 nitrogen and oxygen atoms in total. The van der Waals surface area contributed by atoms with Crippen molar-refractivity contribution < 1.29 is 34.3 Å². The van der Waals surface area contributed by atoms with Crippen LogP contribution in [0.25, 0.3) is 0 Å². The van der Waals surface area contributed by atoms with Crippen molar-refractivity contribution in [2.75, 3.05) is 0 Å². The molecule has 3 N–H and O–H groups in total. The van der Waals surface area contributed by atoms with Crippen molar-refractivity contribution in [2.24, 2.45) is 75.9 Å². The molecule has 7 aliphatic rings. The van der Waals surface area contributed by atoms with Gasteiger partial charge in [-0.15, -0.1) is 0 Å². The zero-order valence-electron chi connectivity index (χ0n) is 29.5. The van der Waals surface area contributed by atoms with Crippen LogP contribution in [0, 0.1) is 75.9 Å². The normalized spacial score (nSPS) is 55.7. The van der Waals surface area contributed by atoms with E-state index in [4.69, 9.17) is 14.2 Å². The Kier molecular flexibility index (Phi) is 9.21. The van der Waals surface area contributed by atoms with E-state index in [1.807, 2.05) is 0 Å². The van der Waals surface area contributed by atoms with Gasteiger partial charge in [0.05, 0.1) is 24.4 Å². The van der Waals surface area contributed by atoms with Crippen LogP contribution >= 0.6 is 0 Å². The van der Waals surface area contributed by atoms with Gasteiger partial charge in [0.15, 0.2) is 12.6 Å². The van der Waals surface area contributed by atoms with Crippen molar-refractivity contribution in [3.05, 3.63) is 0 Å². The first-order valence-corrected chi connectivity index (χ1v) is 19.4. The van der Waals surface area contributed by atoms with Gasteiger partial charge >= 0.3 is 5.97 Å². The lowest BCUT2D eigenvalue weighted by atomic mass is 9.43. The van der Waals surface area contributed by atoms with E-state index in [0.29, 0.717) is 65.6 Å². The quantitative estimate of drug-likeness (QED) is 0.261. The Bertz CT molecular complexity index is 1110. The minimum absolute atomic E-state index is 0.0174. The van der Waals surface area contributed by atoms with E-state index in [9.17, 15) is 20.1 Å². The van der Waals surface area contributed by atoms with Gasteiger partial charge in [0, 0.05) is 18.3 Å². The summed E-state index contributed by atoms with van der Waals surface area (Å²) in [5.41, 5.74) is -0.176. The molecule has 2 heterocycles. The smallest absolute Gasteiger partial charge is 0.303 e. The molecule has 0 aromatic heterocycles. The lowest BCUT2D eigenvalue weighted by Gasteiger charge is -2.64. The molecule has 0 radical (unpaired) electrons. The minimum Gasteiger partial charge on any atom is -0.481 e. The summed E-state index contributed by atoms with van der Waals surface area (Å²) in [5.74, 6) is 3.82. The molecule has 0 aromatic carbocycles. The van der Waals surface area contributed by atoms with Crippen LogP contribution < -0.4 is 0 Å². The van der Waals surface area contributed by atoms with Crippen LogP contribution in [0.5, 0.6) is 0 Å². The van der Waals surface area contributed by atoms with E-state index >= 15 is 0 Å². The molecule has 0 spiro atoms. The lowest BCUT2D eigenvalue weighted by Crippen LogP contribution is -2.63. The molecule has 0 bridgehead atoms. The standard InChI is InChI=1S/C39H64O7/c1-20-7-10-27-23(4)36(46-37-34(27)26(20)11-9-22(3)44-37)45-31-18-24-17-25(40)15-16-38(24,5)30-19-32(41)39(6)28(12-13-29(39)35(30)31)21(2)8-14-33(42)43/h20-32,34-37,40-41H,7-19H2,1-6H3,(H,42,43)/t20-,21-,22?,23?,24?,25-,26?,27?,28?,29?,30?,31?,32+,34?,35?,36?,37?,38?,39?/m1/s1. The number of ether oxygens (including phenoxy) is 3. The number of hydrogen-bond donors (Lipinski definition) is 3. The number of aliphatic hydroxyl groups is 2. The van der Waals surface area contributed by atoms with E-state index in [1.165, 1.54) is 19.3 Å². The summed E-state index contributed by atoms with van der Waals surface area (Å²) in [6.45, 7) is 14.0. The first-order chi connectivity index (χ1) is 21.8. The second-order valence-electron chi connectivity index (χ2n) is 18.3. The maximum atomic E-state index is 12.1. The number of fused-ring (bicyclic) bond motifs is 5. The summed E-state index contributed by atoms with van der Waals surface area (Å²) in [6.07, 6.45) is 11.2. The number of hydrogen-bond acceptors (Lipinski definition) is 6. The highest BCUT2D eigenvalue weighted by Crippen LogP contribution is 2.69. The molecule has 0 aromatic rings. The van der Waals surface area contributed by atoms with Crippen LogP contribution in [0.1, 0.15) is 125 Å². The van der Waals surface area contributed by atoms with E-state index in [2.05, 4.69) is 41.5 Å². The maximum Gasteiger partial charge on any atom is 0.303 e. The third-order valence-corrected chi connectivity index (χ3v) is 16.3. The van der Waals surface area contributed by atoms with E-state index in [1.54, 1.807) is 0 Å². The van der Waals surface area contributed by atoms with Gasteiger partial charge in [0.1, 0.15) is 0 Å². The van der Waals surface area contributed by atoms with Gasteiger partial charge in [0.2, 0.25) is 0 Å². The molecule has 5 saturated carbocycles. The van der Waals surface area contributed by atoms with Crippen molar-refractivity contribution >= 4 is 5.97 Å². The first kappa shape index (κ1) is 33.8. The third-order valence-electron chi connectivity index (χ3n) is 16.3. The Morgan fingerprint density at radius 2 is 1.65 bits per heavy atom. The van der Waals surface area contributed by atoms with Crippen LogP contribution in [0.4, 0.5) is 0 Å². The van der Waals surface area contributed by atoms with E-state index in [0.717, 1.165) is 51.4 Å².